The quantitative estimate of drug-likeness (QED) is 0.800. The number of hydrogen-bond acceptors (Lipinski definition) is 4. The van der Waals surface area contributed by atoms with Gasteiger partial charge in [-0.1, -0.05) is 23.7 Å². The van der Waals surface area contributed by atoms with Crippen LogP contribution in [0.2, 0.25) is 5.02 Å². The lowest BCUT2D eigenvalue weighted by molar-refractivity contribution is 0.544. The highest BCUT2D eigenvalue weighted by Gasteiger charge is 2.23. The molecule has 1 saturated heterocycles. The maximum absolute atomic E-state index is 6.30. The van der Waals surface area contributed by atoms with Crippen molar-refractivity contribution in [3.05, 3.63) is 59.8 Å². The molecular formula is C17H18ClN5. The Morgan fingerprint density at radius 3 is 3.09 bits per heavy atom. The fraction of sp³-hybridized carbons (Fsp3) is 0.294. The molecular weight excluding hydrogens is 310 g/mol. The summed E-state index contributed by atoms with van der Waals surface area (Å²) in [6.07, 6.45) is 8.53. The number of benzene rings is 1. The van der Waals surface area contributed by atoms with Crippen molar-refractivity contribution in [1.82, 2.24) is 19.7 Å². The molecule has 0 bridgehead atoms. The highest BCUT2D eigenvalue weighted by Crippen LogP contribution is 2.28. The van der Waals surface area contributed by atoms with Gasteiger partial charge >= 0.3 is 0 Å². The minimum atomic E-state index is 0.457. The summed E-state index contributed by atoms with van der Waals surface area (Å²) in [7, 11) is 0. The summed E-state index contributed by atoms with van der Waals surface area (Å²) in [6, 6.07) is 8.50. The van der Waals surface area contributed by atoms with E-state index in [1.54, 1.807) is 12.4 Å². The van der Waals surface area contributed by atoms with E-state index in [-0.39, 0.29) is 0 Å². The second kappa shape index (κ2) is 6.18. The standard InChI is InChI=1S/C17H18ClN5/c18-15-3-1-2-4-16(15)22-7-5-13(12-22)20-9-14-10-21-17-11-19-6-8-23(14)17/h1-4,6,8,10-11,13,20H,5,7,9,12H2. The Balaban J connectivity index is 1.40. The Labute approximate surface area is 139 Å². The van der Waals surface area contributed by atoms with Gasteiger partial charge in [-0.2, -0.15) is 0 Å². The molecule has 0 spiro atoms. The third-order valence-corrected chi connectivity index (χ3v) is 4.67. The molecule has 3 heterocycles. The van der Waals surface area contributed by atoms with Crippen LogP contribution in [0.5, 0.6) is 0 Å². The number of fused-ring (bicyclic) bond motifs is 1. The van der Waals surface area contributed by atoms with Gasteiger partial charge in [0, 0.05) is 38.1 Å². The molecule has 4 rings (SSSR count). The summed E-state index contributed by atoms with van der Waals surface area (Å²) in [4.78, 5) is 10.8. The molecule has 0 amide bonds. The maximum atomic E-state index is 6.30. The fourth-order valence-corrected chi connectivity index (χ4v) is 3.38. The van der Waals surface area contributed by atoms with E-state index in [0.717, 1.165) is 48.1 Å². The number of aromatic nitrogens is 3. The van der Waals surface area contributed by atoms with Crippen LogP contribution in [0.15, 0.2) is 49.1 Å². The first-order valence-electron chi connectivity index (χ1n) is 7.80. The van der Waals surface area contributed by atoms with Crippen molar-refractivity contribution < 1.29 is 0 Å². The first-order valence-corrected chi connectivity index (χ1v) is 8.18. The Kier molecular flexibility index (Phi) is 3.89. The van der Waals surface area contributed by atoms with Crippen LogP contribution >= 0.6 is 11.6 Å². The topological polar surface area (TPSA) is 45.5 Å². The van der Waals surface area contributed by atoms with Crippen molar-refractivity contribution in [2.45, 2.75) is 19.0 Å². The van der Waals surface area contributed by atoms with E-state index in [1.807, 2.05) is 30.6 Å². The molecule has 1 aromatic carbocycles. The second-order valence-electron chi connectivity index (χ2n) is 5.82. The van der Waals surface area contributed by atoms with Crippen LogP contribution in [0.3, 0.4) is 0 Å². The molecule has 2 aromatic heterocycles. The van der Waals surface area contributed by atoms with Crippen molar-refractivity contribution in [3.63, 3.8) is 0 Å². The zero-order valence-electron chi connectivity index (χ0n) is 12.7. The monoisotopic (exact) mass is 327 g/mol. The molecule has 1 unspecified atom stereocenters. The number of nitrogens with zero attached hydrogens (tertiary/aromatic N) is 4. The minimum Gasteiger partial charge on any atom is -0.369 e. The molecule has 1 fully saturated rings. The van der Waals surface area contributed by atoms with E-state index in [2.05, 4.69) is 30.7 Å². The largest absolute Gasteiger partial charge is 0.369 e. The summed E-state index contributed by atoms with van der Waals surface area (Å²) in [6.45, 7) is 2.80. The molecule has 23 heavy (non-hydrogen) atoms. The summed E-state index contributed by atoms with van der Waals surface area (Å²) in [5, 5.41) is 4.45. The molecule has 1 atom stereocenters. The summed E-state index contributed by atoms with van der Waals surface area (Å²) in [5.74, 6) is 0. The summed E-state index contributed by atoms with van der Waals surface area (Å²) in [5.41, 5.74) is 3.16. The number of para-hydroxylation sites is 1. The van der Waals surface area contributed by atoms with E-state index in [0.29, 0.717) is 6.04 Å². The first kappa shape index (κ1) is 14.5. The molecule has 0 radical (unpaired) electrons. The molecule has 6 heteroatoms. The number of nitrogens with one attached hydrogen (secondary N) is 1. The van der Waals surface area contributed by atoms with Crippen molar-refractivity contribution >= 4 is 22.9 Å². The van der Waals surface area contributed by atoms with Crippen LogP contribution in [0.1, 0.15) is 12.1 Å². The lowest BCUT2D eigenvalue weighted by Gasteiger charge is -2.20. The van der Waals surface area contributed by atoms with Gasteiger partial charge in [-0.05, 0) is 18.6 Å². The van der Waals surface area contributed by atoms with Gasteiger partial charge in [-0.15, -0.1) is 0 Å². The average Bonchev–Trinajstić information content (AvgIpc) is 3.20. The Morgan fingerprint density at radius 1 is 1.26 bits per heavy atom. The minimum absolute atomic E-state index is 0.457. The Hall–Kier alpha value is -2.11. The van der Waals surface area contributed by atoms with Crippen molar-refractivity contribution in [3.8, 4) is 0 Å². The van der Waals surface area contributed by atoms with E-state index >= 15 is 0 Å². The number of hydrogen-bond donors (Lipinski definition) is 1. The number of imidazole rings is 1. The molecule has 1 aliphatic rings. The number of rotatable bonds is 4. The number of anilines is 1. The van der Waals surface area contributed by atoms with Crippen molar-refractivity contribution in [2.75, 3.05) is 18.0 Å². The highest BCUT2D eigenvalue weighted by molar-refractivity contribution is 6.33. The van der Waals surface area contributed by atoms with Gasteiger partial charge in [-0.3, -0.25) is 9.38 Å². The molecule has 0 saturated carbocycles. The fourth-order valence-electron chi connectivity index (χ4n) is 3.13. The third kappa shape index (κ3) is 2.90. The van der Waals surface area contributed by atoms with Gasteiger partial charge in [0.2, 0.25) is 0 Å². The summed E-state index contributed by atoms with van der Waals surface area (Å²) < 4.78 is 2.07. The molecule has 0 aliphatic carbocycles. The molecule has 3 aromatic rings. The SMILES string of the molecule is Clc1ccccc1N1CCC(NCc2cnc3cnccn23)C1. The average molecular weight is 328 g/mol. The second-order valence-corrected chi connectivity index (χ2v) is 6.23. The Morgan fingerprint density at radius 2 is 2.17 bits per heavy atom. The van der Waals surface area contributed by atoms with E-state index < -0.39 is 0 Å². The normalized spacial score (nSPS) is 18.0. The van der Waals surface area contributed by atoms with Crippen molar-refractivity contribution in [1.29, 1.82) is 0 Å². The van der Waals surface area contributed by atoms with Crippen LogP contribution < -0.4 is 10.2 Å². The van der Waals surface area contributed by atoms with Gasteiger partial charge in [-0.25, -0.2) is 4.98 Å². The van der Waals surface area contributed by atoms with Gasteiger partial charge in [0.1, 0.15) is 0 Å². The Bertz CT molecular complexity index is 815. The molecule has 1 N–H and O–H groups in total. The predicted molar refractivity (Wildman–Crippen MR) is 91.9 cm³/mol. The van der Waals surface area contributed by atoms with E-state index in [9.17, 15) is 0 Å². The lowest BCUT2D eigenvalue weighted by Crippen LogP contribution is -2.32. The van der Waals surface area contributed by atoms with E-state index in [1.165, 1.54) is 0 Å². The third-order valence-electron chi connectivity index (χ3n) is 4.35. The van der Waals surface area contributed by atoms with Gasteiger partial charge in [0.05, 0.1) is 28.8 Å². The smallest absolute Gasteiger partial charge is 0.155 e. The van der Waals surface area contributed by atoms with Crippen LogP contribution in [-0.2, 0) is 6.54 Å². The van der Waals surface area contributed by atoms with Crippen LogP contribution in [0.25, 0.3) is 5.65 Å². The highest BCUT2D eigenvalue weighted by atomic mass is 35.5. The van der Waals surface area contributed by atoms with Crippen LogP contribution in [0.4, 0.5) is 5.69 Å². The summed E-state index contributed by atoms with van der Waals surface area (Å²) >= 11 is 6.30. The van der Waals surface area contributed by atoms with Crippen LogP contribution in [0, 0.1) is 0 Å². The maximum Gasteiger partial charge on any atom is 0.155 e. The molecule has 1 aliphatic heterocycles. The number of halogens is 1. The van der Waals surface area contributed by atoms with Crippen LogP contribution in [-0.4, -0.2) is 33.5 Å². The zero-order valence-corrected chi connectivity index (χ0v) is 13.4. The van der Waals surface area contributed by atoms with Gasteiger partial charge in [0.25, 0.3) is 0 Å². The zero-order chi connectivity index (χ0) is 15.6. The first-order chi connectivity index (χ1) is 11.3. The predicted octanol–water partition coefficient (Wildman–Crippen LogP) is 2.75. The van der Waals surface area contributed by atoms with Crippen molar-refractivity contribution in [2.24, 2.45) is 0 Å². The molecule has 118 valence electrons. The van der Waals surface area contributed by atoms with E-state index in [4.69, 9.17) is 11.6 Å². The molecule has 5 nitrogen and oxygen atoms in total. The lowest BCUT2D eigenvalue weighted by atomic mass is 10.2. The van der Waals surface area contributed by atoms with Gasteiger partial charge in [0.15, 0.2) is 5.65 Å². The van der Waals surface area contributed by atoms with Gasteiger partial charge < -0.3 is 10.2 Å².